The van der Waals surface area contributed by atoms with E-state index in [1.54, 1.807) is 16.6 Å². The third-order valence-corrected chi connectivity index (χ3v) is 4.68. The number of nitrogen functional groups attached to an aromatic ring is 1. The van der Waals surface area contributed by atoms with Crippen LogP contribution in [-0.4, -0.2) is 19.8 Å². The molecule has 0 aliphatic heterocycles. The summed E-state index contributed by atoms with van der Waals surface area (Å²) in [5.41, 5.74) is 6.35. The van der Waals surface area contributed by atoms with Crippen molar-refractivity contribution in [1.82, 2.24) is 19.8 Å². The van der Waals surface area contributed by atoms with Crippen LogP contribution in [0.3, 0.4) is 0 Å². The lowest BCUT2D eigenvalue weighted by Gasteiger charge is -2.22. The second-order valence-electron chi connectivity index (χ2n) is 5.02. The van der Waals surface area contributed by atoms with Crippen LogP contribution < -0.4 is 5.73 Å². The second-order valence-corrected chi connectivity index (χ2v) is 5.98. The summed E-state index contributed by atoms with van der Waals surface area (Å²) < 4.78 is 15.3. The van der Waals surface area contributed by atoms with E-state index in [4.69, 9.17) is 5.73 Å². The highest BCUT2D eigenvalue weighted by molar-refractivity contribution is 7.19. The zero-order chi connectivity index (χ0) is 13.7. The smallest absolute Gasteiger partial charge is 0.234 e. The molecule has 2 aromatic heterocycles. The minimum Gasteiger partial charge on any atom is -0.396 e. The third-order valence-electron chi connectivity index (χ3n) is 3.73. The fraction of sp³-hybridized carbons (Fsp3) is 0.308. The number of fused-ring (bicyclic) bond motifs is 1. The van der Waals surface area contributed by atoms with Crippen molar-refractivity contribution in [1.29, 1.82) is 0 Å². The van der Waals surface area contributed by atoms with Gasteiger partial charge in [-0.3, -0.25) is 0 Å². The molecule has 2 heterocycles. The van der Waals surface area contributed by atoms with Crippen LogP contribution in [0.1, 0.15) is 31.0 Å². The van der Waals surface area contributed by atoms with Gasteiger partial charge in [0, 0.05) is 11.5 Å². The SMILES string of the molecule is Nc1ccc(-c2nn3c(C4CCC4)nnc3s2)cc1F. The molecule has 0 bridgehead atoms. The van der Waals surface area contributed by atoms with Gasteiger partial charge < -0.3 is 5.73 Å². The first kappa shape index (κ1) is 11.8. The van der Waals surface area contributed by atoms with Crippen molar-refractivity contribution >= 4 is 22.0 Å². The quantitative estimate of drug-likeness (QED) is 0.736. The molecule has 0 atom stereocenters. The predicted molar refractivity (Wildman–Crippen MR) is 75.1 cm³/mol. The largest absolute Gasteiger partial charge is 0.396 e. The van der Waals surface area contributed by atoms with Gasteiger partial charge in [-0.1, -0.05) is 17.8 Å². The molecule has 4 rings (SSSR count). The Bertz CT molecular complexity index is 789. The van der Waals surface area contributed by atoms with E-state index < -0.39 is 5.82 Å². The summed E-state index contributed by atoms with van der Waals surface area (Å²) in [6, 6.07) is 4.73. The van der Waals surface area contributed by atoms with Crippen molar-refractivity contribution in [2.75, 3.05) is 5.73 Å². The van der Waals surface area contributed by atoms with E-state index in [2.05, 4.69) is 15.3 Å². The zero-order valence-electron chi connectivity index (χ0n) is 10.6. The highest BCUT2D eigenvalue weighted by Crippen LogP contribution is 2.36. The minimum absolute atomic E-state index is 0.145. The Hall–Kier alpha value is -2.02. The first-order valence-corrected chi connectivity index (χ1v) is 7.31. The summed E-state index contributed by atoms with van der Waals surface area (Å²) >= 11 is 1.41. The molecule has 0 spiro atoms. The number of nitrogens with zero attached hydrogens (tertiary/aromatic N) is 4. The molecule has 0 radical (unpaired) electrons. The molecule has 5 nitrogen and oxygen atoms in total. The standard InChI is InChI=1S/C13H12FN5S/c14-9-6-8(4-5-10(9)15)12-18-19-11(7-2-1-3-7)16-17-13(19)20-12/h4-7H,1-3,15H2. The van der Waals surface area contributed by atoms with Crippen LogP contribution in [-0.2, 0) is 0 Å². The van der Waals surface area contributed by atoms with E-state index in [0.29, 0.717) is 11.5 Å². The van der Waals surface area contributed by atoms with Crippen LogP contribution in [0.5, 0.6) is 0 Å². The van der Waals surface area contributed by atoms with Gasteiger partial charge in [0.25, 0.3) is 0 Å². The van der Waals surface area contributed by atoms with Gasteiger partial charge in [-0.2, -0.15) is 9.61 Å². The molecule has 7 heteroatoms. The van der Waals surface area contributed by atoms with E-state index in [0.717, 1.165) is 28.6 Å². The van der Waals surface area contributed by atoms with Crippen molar-refractivity contribution in [3.05, 3.63) is 29.8 Å². The lowest BCUT2D eigenvalue weighted by Crippen LogP contribution is -2.12. The average Bonchev–Trinajstić information content (AvgIpc) is 2.93. The van der Waals surface area contributed by atoms with E-state index in [9.17, 15) is 4.39 Å². The maximum absolute atomic E-state index is 13.5. The summed E-state index contributed by atoms with van der Waals surface area (Å²) in [5, 5.41) is 13.6. The highest BCUT2D eigenvalue weighted by Gasteiger charge is 2.26. The lowest BCUT2D eigenvalue weighted by molar-refractivity contribution is 0.395. The fourth-order valence-electron chi connectivity index (χ4n) is 2.33. The summed E-state index contributed by atoms with van der Waals surface area (Å²) in [6.45, 7) is 0. The lowest BCUT2D eigenvalue weighted by atomic mass is 9.85. The van der Waals surface area contributed by atoms with Crippen LogP contribution in [0.4, 0.5) is 10.1 Å². The number of anilines is 1. The Balaban J connectivity index is 1.80. The molecule has 0 amide bonds. The van der Waals surface area contributed by atoms with Gasteiger partial charge in [-0.25, -0.2) is 4.39 Å². The number of aromatic nitrogens is 4. The van der Waals surface area contributed by atoms with Crippen LogP contribution in [0, 0.1) is 5.82 Å². The molecule has 0 unspecified atom stereocenters. The summed E-state index contributed by atoms with van der Waals surface area (Å²) in [5.74, 6) is 0.959. The van der Waals surface area contributed by atoms with E-state index in [-0.39, 0.29) is 5.69 Å². The monoisotopic (exact) mass is 289 g/mol. The molecular formula is C13H12FN5S. The van der Waals surface area contributed by atoms with E-state index in [1.807, 2.05) is 0 Å². The molecular weight excluding hydrogens is 277 g/mol. The van der Waals surface area contributed by atoms with E-state index in [1.165, 1.54) is 23.8 Å². The normalized spacial score (nSPS) is 15.7. The summed E-state index contributed by atoms with van der Waals surface area (Å²) in [7, 11) is 0. The molecule has 3 aromatic rings. The summed E-state index contributed by atoms with van der Waals surface area (Å²) in [6.07, 6.45) is 3.52. The topological polar surface area (TPSA) is 69.1 Å². The Morgan fingerprint density at radius 2 is 2.15 bits per heavy atom. The molecule has 0 saturated heterocycles. The molecule has 102 valence electrons. The molecule has 1 aliphatic rings. The average molecular weight is 289 g/mol. The van der Waals surface area contributed by atoms with Crippen LogP contribution in [0.25, 0.3) is 15.5 Å². The van der Waals surface area contributed by atoms with Gasteiger partial charge in [-0.15, -0.1) is 10.2 Å². The van der Waals surface area contributed by atoms with Crippen molar-refractivity contribution in [2.24, 2.45) is 0 Å². The van der Waals surface area contributed by atoms with Gasteiger partial charge in [-0.05, 0) is 31.0 Å². The second kappa shape index (κ2) is 4.24. The minimum atomic E-state index is -0.423. The maximum atomic E-state index is 13.5. The summed E-state index contributed by atoms with van der Waals surface area (Å²) in [4.78, 5) is 0.749. The Morgan fingerprint density at radius 3 is 2.85 bits per heavy atom. The molecule has 20 heavy (non-hydrogen) atoms. The fourth-order valence-corrected chi connectivity index (χ4v) is 3.17. The van der Waals surface area contributed by atoms with Gasteiger partial charge in [0.15, 0.2) is 5.82 Å². The molecule has 1 fully saturated rings. The number of hydrogen-bond acceptors (Lipinski definition) is 5. The Morgan fingerprint density at radius 1 is 1.30 bits per heavy atom. The molecule has 1 aromatic carbocycles. The van der Waals surface area contributed by atoms with Crippen molar-refractivity contribution in [3.8, 4) is 10.6 Å². The third kappa shape index (κ3) is 1.70. The Kier molecular flexibility index (Phi) is 2.50. The van der Waals surface area contributed by atoms with Crippen molar-refractivity contribution < 1.29 is 4.39 Å². The number of hydrogen-bond donors (Lipinski definition) is 1. The predicted octanol–water partition coefficient (Wildman–Crippen LogP) is 2.84. The Labute approximate surface area is 118 Å². The number of rotatable bonds is 2. The zero-order valence-corrected chi connectivity index (χ0v) is 11.4. The molecule has 1 saturated carbocycles. The molecule has 2 N–H and O–H groups in total. The first-order chi connectivity index (χ1) is 9.72. The molecule has 1 aliphatic carbocycles. The van der Waals surface area contributed by atoms with Crippen molar-refractivity contribution in [3.63, 3.8) is 0 Å². The number of nitrogens with two attached hydrogens (primary N) is 1. The van der Waals surface area contributed by atoms with Gasteiger partial charge >= 0.3 is 0 Å². The van der Waals surface area contributed by atoms with Gasteiger partial charge in [0.05, 0.1) is 5.69 Å². The number of benzene rings is 1. The maximum Gasteiger partial charge on any atom is 0.234 e. The highest BCUT2D eigenvalue weighted by atomic mass is 32.1. The van der Waals surface area contributed by atoms with Gasteiger partial charge in [0.2, 0.25) is 4.96 Å². The van der Waals surface area contributed by atoms with Crippen LogP contribution in [0.15, 0.2) is 18.2 Å². The van der Waals surface area contributed by atoms with E-state index >= 15 is 0 Å². The van der Waals surface area contributed by atoms with Crippen molar-refractivity contribution in [2.45, 2.75) is 25.2 Å². The van der Waals surface area contributed by atoms with Crippen LogP contribution in [0.2, 0.25) is 0 Å². The first-order valence-electron chi connectivity index (χ1n) is 6.50. The van der Waals surface area contributed by atoms with Gasteiger partial charge in [0.1, 0.15) is 10.8 Å². The van der Waals surface area contributed by atoms with Crippen LogP contribution >= 0.6 is 11.3 Å². The number of halogens is 1.